The fourth-order valence-electron chi connectivity index (χ4n) is 1.24. The van der Waals surface area contributed by atoms with Gasteiger partial charge in [-0.25, -0.2) is 9.13 Å². The summed E-state index contributed by atoms with van der Waals surface area (Å²) in [5.41, 5.74) is 0. The highest BCUT2D eigenvalue weighted by Crippen LogP contribution is 2.26. The zero-order valence-corrected chi connectivity index (χ0v) is 18.7. The van der Waals surface area contributed by atoms with E-state index in [4.69, 9.17) is 89.6 Å². The van der Waals surface area contributed by atoms with E-state index in [1.165, 1.54) is 0 Å². The van der Waals surface area contributed by atoms with Crippen molar-refractivity contribution in [3.63, 3.8) is 0 Å². The van der Waals surface area contributed by atoms with Gasteiger partial charge in [-0.2, -0.15) is 0 Å². The number of carbonyl (C=O) groups is 2. The van der Waals surface area contributed by atoms with Crippen molar-refractivity contribution in [2.45, 2.75) is 48.8 Å². The zero-order chi connectivity index (χ0) is 28.4. The lowest BCUT2D eigenvalue weighted by molar-refractivity contribution is -0.136. The van der Waals surface area contributed by atoms with Gasteiger partial charge in [-0.05, 0) is 0 Å². The Morgan fingerprint density at radius 1 is 0.500 bits per heavy atom. The molecule has 20 nitrogen and oxygen atoms in total. The van der Waals surface area contributed by atoms with E-state index in [1.54, 1.807) is 0 Å². The first-order valence-corrected chi connectivity index (χ1v) is 11.3. The summed E-state index contributed by atoms with van der Waals surface area (Å²) in [5.74, 6) is 0. The van der Waals surface area contributed by atoms with E-state index in [0.717, 1.165) is 0 Å². The highest BCUT2D eigenvalue weighted by molar-refractivity contribution is 7.45. The monoisotopic (exact) mass is 556 g/mol. The molecule has 0 heterocycles. The van der Waals surface area contributed by atoms with E-state index in [0.29, 0.717) is 0 Å². The molecule has 0 aromatic carbocycles. The average molecular weight is 556 g/mol. The molecule has 208 valence electrons. The summed E-state index contributed by atoms with van der Waals surface area (Å²) in [6.45, 7) is -1.52. The van der Waals surface area contributed by atoms with Crippen molar-refractivity contribution in [1.82, 2.24) is 0 Å². The number of hydrogen-bond acceptors (Lipinski definition) is 14. The molecule has 0 aliphatic carbocycles. The molecule has 0 aliphatic heterocycles. The van der Waals surface area contributed by atoms with Crippen molar-refractivity contribution in [1.29, 1.82) is 0 Å². The number of carbonyl (C=O) groups excluding carboxylic acids is 2. The lowest BCUT2D eigenvalue weighted by atomic mass is 10.0. The van der Waals surface area contributed by atoms with Gasteiger partial charge >= 0.3 is 15.6 Å². The fraction of sp³-hybridized carbons (Fsp3) is 0.833. The Balaban J connectivity index is -0.000000191. The van der Waals surface area contributed by atoms with Crippen LogP contribution >= 0.6 is 15.6 Å². The summed E-state index contributed by atoms with van der Waals surface area (Å²) in [6, 6.07) is 0. The molecule has 0 amide bonds. The van der Waals surface area contributed by atoms with Gasteiger partial charge in [-0.15, -0.1) is 0 Å². The molecule has 0 fully saturated rings. The number of rotatable bonds is 10. The zero-order valence-electron chi connectivity index (χ0n) is 16.9. The lowest BCUT2D eigenvalue weighted by Gasteiger charge is -2.22. The van der Waals surface area contributed by atoms with Crippen molar-refractivity contribution >= 4 is 28.2 Å². The maximum absolute atomic E-state index is 9.90. The van der Waals surface area contributed by atoms with Crippen LogP contribution in [0.1, 0.15) is 0 Å². The van der Waals surface area contributed by atoms with Crippen LogP contribution < -0.4 is 0 Å². The minimum atomic E-state index is -4.64. The first-order chi connectivity index (χ1) is 15.1. The molecule has 0 saturated heterocycles. The summed E-state index contributed by atoms with van der Waals surface area (Å²) < 4.78 is 17.8. The van der Waals surface area contributed by atoms with E-state index in [1.807, 2.05) is 0 Å². The topological polar surface area (TPSA) is 392 Å². The Morgan fingerprint density at radius 2 is 0.676 bits per heavy atom. The van der Waals surface area contributed by atoms with Gasteiger partial charge < -0.3 is 90.0 Å². The largest absolute Gasteiger partial charge is 0.466 e. The normalized spacial score (nSPS) is 18.4. The summed E-state index contributed by atoms with van der Waals surface area (Å²) in [4.78, 5) is 62.9. The number of aldehydes is 2. The summed E-state index contributed by atoms with van der Waals surface area (Å²) >= 11 is 0. The second kappa shape index (κ2) is 20.4. The predicted molar refractivity (Wildman–Crippen MR) is 103 cm³/mol. The Labute approximate surface area is 190 Å². The molecule has 16 N–H and O–H groups in total. The van der Waals surface area contributed by atoms with Gasteiger partial charge in [0, 0.05) is 0 Å². The van der Waals surface area contributed by atoms with E-state index in [-0.39, 0.29) is 12.6 Å². The van der Waals surface area contributed by atoms with Crippen LogP contribution in [0.25, 0.3) is 0 Å². The molecule has 0 rings (SSSR count). The van der Waals surface area contributed by atoms with Gasteiger partial charge in [-0.1, -0.05) is 0 Å². The molecule has 0 spiro atoms. The third-order valence-electron chi connectivity index (χ3n) is 2.84. The van der Waals surface area contributed by atoms with Gasteiger partial charge in [0.25, 0.3) is 0 Å². The van der Waals surface area contributed by atoms with Gasteiger partial charge in [-0.3, -0.25) is 0 Å². The molecule has 0 unspecified atom stereocenters. The molecule has 34 heavy (non-hydrogen) atoms. The van der Waals surface area contributed by atoms with Crippen LogP contribution in [-0.2, 0) is 18.7 Å². The second-order valence-corrected chi connectivity index (χ2v) is 7.80. The SMILES string of the molecule is O=C[C@H](O)[C@@H](O)[C@H](O)[C@H](O)CO.O=C[C@H](O)[C@@H](O)[C@H](O)[C@H](O)CO.O=P(O)(O)O.O=P(O)(O)O. The first-order valence-electron chi connectivity index (χ1n) is 8.22. The number of aliphatic hydroxyl groups is 10. The third-order valence-corrected chi connectivity index (χ3v) is 2.84. The van der Waals surface area contributed by atoms with Crippen molar-refractivity contribution in [2.24, 2.45) is 0 Å². The summed E-state index contributed by atoms with van der Waals surface area (Å²) in [7, 11) is -9.28. The van der Waals surface area contributed by atoms with Crippen LogP contribution in [0.4, 0.5) is 0 Å². The molecule has 0 radical (unpaired) electrons. The number of phosphoric acid groups is 2. The van der Waals surface area contributed by atoms with Crippen molar-refractivity contribution in [3.8, 4) is 0 Å². The molecule has 0 aromatic heterocycles. The van der Waals surface area contributed by atoms with Crippen LogP contribution in [0.5, 0.6) is 0 Å². The average Bonchev–Trinajstić information content (AvgIpc) is 2.72. The van der Waals surface area contributed by atoms with Crippen LogP contribution in [0, 0.1) is 0 Å². The highest BCUT2D eigenvalue weighted by atomic mass is 31.2. The van der Waals surface area contributed by atoms with Gasteiger partial charge in [0.05, 0.1) is 13.2 Å². The van der Waals surface area contributed by atoms with Crippen LogP contribution in [-0.4, -0.2) is 155 Å². The number of aliphatic hydroxyl groups excluding tert-OH is 10. The van der Waals surface area contributed by atoms with Crippen molar-refractivity contribution < 1.29 is 99.1 Å². The minimum Gasteiger partial charge on any atom is -0.394 e. The van der Waals surface area contributed by atoms with Crippen molar-refractivity contribution in [3.05, 3.63) is 0 Å². The standard InChI is InChI=1S/2C6H12O6.2H3O4P/c2*7-1-3(9)5(11)6(12)4(10)2-8;2*1-5(2,3)4/h2*1,3-6,8-12H,2H2;2*(H3,1,2,3,4)/t2*3-,4+,5+,6+;;/m00../s1. The molecule has 22 heteroatoms. The smallest absolute Gasteiger partial charge is 0.394 e. The van der Waals surface area contributed by atoms with Crippen LogP contribution in [0.3, 0.4) is 0 Å². The Hall–Kier alpha value is -0.840. The Kier molecular flexibility index (Phi) is 24.2. The summed E-state index contributed by atoms with van der Waals surface area (Å²) in [6.07, 6.45) is -13.7. The quantitative estimate of drug-likeness (QED) is 0.0876. The Morgan fingerprint density at radius 3 is 0.794 bits per heavy atom. The number of hydrogen-bond donors (Lipinski definition) is 16. The minimum absolute atomic E-state index is 0.0258. The molecule has 8 atom stereocenters. The van der Waals surface area contributed by atoms with Gasteiger partial charge in [0.1, 0.15) is 48.8 Å². The van der Waals surface area contributed by atoms with Crippen LogP contribution in [0.2, 0.25) is 0 Å². The summed E-state index contributed by atoms with van der Waals surface area (Å²) in [5, 5.41) is 87.1. The van der Waals surface area contributed by atoms with E-state index >= 15 is 0 Å². The second-order valence-electron chi connectivity index (χ2n) is 5.74. The maximum atomic E-state index is 9.90. The van der Waals surface area contributed by atoms with Crippen molar-refractivity contribution in [2.75, 3.05) is 13.2 Å². The molecule has 0 aliphatic rings. The fourth-order valence-corrected chi connectivity index (χ4v) is 1.24. The van der Waals surface area contributed by atoms with E-state index < -0.39 is 77.7 Å². The third kappa shape index (κ3) is 29.2. The molecular weight excluding hydrogens is 526 g/mol. The first kappa shape index (κ1) is 40.3. The molecular formula is C12H30O20P2. The van der Waals surface area contributed by atoms with E-state index in [9.17, 15) is 9.59 Å². The van der Waals surface area contributed by atoms with Gasteiger partial charge in [0.2, 0.25) is 0 Å². The lowest BCUT2D eigenvalue weighted by Crippen LogP contribution is -2.46. The Bertz CT molecular complexity index is 538. The molecule has 0 saturated carbocycles. The molecule has 0 bridgehead atoms. The molecule has 0 aromatic rings. The van der Waals surface area contributed by atoms with Crippen LogP contribution in [0.15, 0.2) is 0 Å². The predicted octanol–water partition coefficient (Wildman–Crippen LogP) is -8.61. The van der Waals surface area contributed by atoms with Gasteiger partial charge in [0.15, 0.2) is 12.6 Å². The highest BCUT2D eigenvalue weighted by Gasteiger charge is 2.30. The maximum Gasteiger partial charge on any atom is 0.466 e. The van der Waals surface area contributed by atoms with E-state index in [2.05, 4.69) is 0 Å².